The Morgan fingerprint density at radius 2 is 1.90 bits per heavy atom. The van der Waals surface area contributed by atoms with Crippen LogP contribution in [0.2, 0.25) is 0 Å². The SMILES string of the molecule is CCc1nn(-c2cccc(C(F)(F)F)c2)c(CC)c1N. The maximum absolute atomic E-state index is 12.8. The zero-order chi connectivity index (χ0) is 14.9. The molecule has 0 saturated carbocycles. The summed E-state index contributed by atoms with van der Waals surface area (Å²) >= 11 is 0. The van der Waals surface area contributed by atoms with Gasteiger partial charge in [0, 0.05) is 0 Å². The Hall–Kier alpha value is -1.98. The molecule has 6 heteroatoms. The largest absolute Gasteiger partial charge is 0.416 e. The Morgan fingerprint density at radius 3 is 2.45 bits per heavy atom. The van der Waals surface area contributed by atoms with E-state index in [1.54, 1.807) is 6.07 Å². The van der Waals surface area contributed by atoms with Crippen LogP contribution in [0.3, 0.4) is 0 Å². The minimum atomic E-state index is -4.37. The number of halogens is 3. The van der Waals surface area contributed by atoms with Gasteiger partial charge in [-0.05, 0) is 31.0 Å². The van der Waals surface area contributed by atoms with Crippen LogP contribution in [0.25, 0.3) is 5.69 Å². The lowest BCUT2D eigenvalue weighted by Gasteiger charge is -2.10. The number of hydrogen-bond acceptors (Lipinski definition) is 2. The van der Waals surface area contributed by atoms with Gasteiger partial charge < -0.3 is 5.73 Å². The second-order valence-electron chi connectivity index (χ2n) is 4.47. The highest BCUT2D eigenvalue weighted by atomic mass is 19.4. The van der Waals surface area contributed by atoms with Gasteiger partial charge in [0.25, 0.3) is 0 Å². The van der Waals surface area contributed by atoms with E-state index in [-0.39, 0.29) is 0 Å². The molecule has 0 amide bonds. The van der Waals surface area contributed by atoms with E-state index in [2.05, 4.69) is 5.10 Å². The van der Waals surface area contributed by atoms with E-state index in [1.165, 1.54) is 10.7 Å². The Bertz CT molecular complexity index is 615. The summed E-state index contributed by atoms with van der Waals surface area (Å²) in [6, 6.07) is 5.11. The van der Waals surface area contributed by atoms with E-state index in [0.29, 0.717) is 29.9 Å². The first-order valence-electron chi connectivity index (χ1n) is 6.42. The minimum absolute atomic E-state index is 0.378. The number of anilines is 1. The summed E-state index contributed by atoms with van der Waals surface area (Å²) in [6.07, 6.45) is -3.12. The highest BCUT2D eigenvalue weighted by Gasteiger charge is 2.30. The summed E-state index contributed by atoms with van der Waals surface area (Å²) in [5.41, 5.74) is 7.68. The lowest BCUT2D eigenvalue weighted by Crippen LogP contribution is -2.08. The van der Waals surface area contributed by atoms with Crippen molar-refractivity contribution < 1.29 is 13.2 Å². The van der Waals surface area contributed by atoms with Crippen LogP contribution in [0.15, 0.2) is 24.3 Å². The molecule has 1 heterocycles. The van der Waals surface area contributed by atoms with Crippen molar-refractivity contribution in [2.45, 2.75) is 32.9 Å². The summed E-state index contributed by atoms with van der Waals surface area (Å²) in [4.78, 5) is 0. The van der Waals surface area contributed by atoms with Crippen LogP contribution in [-0.4, -0.2) is 9.78 Å². The minimum Gasteiger partial charge on any atom is -0.396 e. The number of nitrogens with two attached hydrogens (primary N) is 1. The van der Waals surface area contributed by atoms with Gasteiger partial charge in [-0.1, -0.05) is 19.9 Å². The molecule has 20 heavy (non-hydrogen) atoms. The lowest BCUT2D eigenvalue weighted by atomic mass is 10.2. The number of benzene rings is 1. The Kier molecular flexibility index (Phi) is 3.74. The van der Waals surface area contributed by atoms with Crippen molar-refractivity contribution in [3.63, 3.8) is 0 Å². The molecule has 0 aliphatic rings. The molecular formula is C14H16F3N3. The third-order valence-corrected chi connectivity index (χ3v) is 3.19. The first-order valence-corrected chi connectivity index (χ1v) is 6.42. The molecular weight excluding hydrogens is 267 g/mol. The van der Waals surface area contributed by atoms with Crippen LogP contribution >= 0.6 is 0 Å². The van der Waals surface area contributed by atoms with Crippen molar-refractivity contribution >= 4 is 5.69 Å². The van der Waals surface area contributed by atoms with E-state index >= 15 is 0 Å². The molecule has 3 nitrogen and oxygen atoms in total. The fraction of sp³-hybridized carbons (Fsp3) is 0.357. The van der Waals surface area contributed by atoms with Gasteiger partial charge in [-0.2, -0.15) is 18.3 Å². The smallest absolute Gasteiger partial charge is 0.396 e. The quantitative estimate of drug-likeness (QED) is 0.935. The highest BCUT2D eigenvalue weighted by Crippen LogP contribution is 2.31. The van der Waals surface area contributed by atoms with Gasteiger partial charge in [0.15, 0.2) is 0 Å². The van der Waals surface area contributed by atoms with Crippen LogP contribution in [0.4, 0.5) is 18.9 Å². The summed E-state index contributed by atoms with van der Waals surface area (Å²) in [6.45, 7) is 3.81. The average molecular weight is 283 g/mol. The summed E-state index contributed by atoms with van der Waals surface area (Å²) in [5, 5.41) is 4.32. The molecule has 0 atom stereocenters. The van der Waals surface area contributed by atoms with E-state index in [9.17, 15) is 13.2 Å². The third kappa shape index (κ3) is 2.50. The van der Waals surface area contributed by atoms with Crippen molar-refractivity contribution in [2.24, 2.45) is 0 Å². The highest BCUT2D eigenvalue weighted by molar-refractivity contribution is 5.52. The van der Waals surface area contributed by atoms with Gasteiger partial charge in [0.05, 0.1) is 28.3 Å². The summed E-state index contributed by atoms with van der Waals surface area (Å²) in [7, 11) is 0. The molecule has 0 radical (unpaired) electrons. The fourth-order valence-electron chi connectivity index (χ4n) is 2.14. The topological polar surface area (TPSA) is 43.8 Å². The van der Waals surface area contributed by atoms with Crippen molar-refractivity contribution in [3.05, 3.63) is 41.2 Å². The maximum Gasteiger partial charge on any atom is 0.416 e. The monoisotopic (exact) mass is 283 g/mol. The molecule has 0 unspecified atom stereocenters. The molecule has 2 aromatic rings. The van der Waals surface area contributed by atoms with Crippen LogP contribution in [0.5, 0.6) is 0 Å². The number of aryl methyl sites for hydroxylation is 1. The zero-order valence-corrected chi connectivity index (χ0v) is 11.3. The van der Waals surface area contributed by atoms with Gasteiger partial charge in [-0.15, -0.1) is 0 Å². The van der Waals surface area contributed by atoms with Gasteiger partial charge in [-0.3, -0.25) is 0 Å². The van der Waals surface area contributed by atoms with Crippen molar-refractivity contribution in [2.75, 3.05) is 5.73 Å². The predicted octanol–water partition coefficient (Wildman–Crippen LogP) is 3.60. The van der Waals surface area contributed by atoms with E-state index in [0.717, 1.165) is 17.8 Å². The van der Waals surface area contributed by atoms with Crippen LogP contribution in [0, 0.1) is 0 Å². The van der Waals surface area contributed by atoms with E-state index < -0.39 is 11.7 Å². The fourth-order valence-corrected chi connectivity index (χ4v) is 2.14. The van der Waals surface area contributed by atoms with Crippen molar-refractivity contribution in [3.8, 4) is 5.69 Å². The molecule has 0 spiro atoms. The Balaban J connectivity index is 2.57. The number of aromatic nitrogens is 2. The normalized spacial score (nSPS) is 11.8. The van der Waals surface area contributed by atoms with Crippen LogP contribution < -0.4 is 5.73 Å². The Labute approximate surface area is 115 Å². The molecule has 0 aliphatic heterocycles. The van der Waals surface area contributed by atoms with Gasteiger partial charge in [0.2, 0.25) is 0 Å². The van der Waals surface area contributed by atoms with Crippen LogP contribution in [0.1, 0.15) is 30.8 Å². The number of nitrogen functional groups attached to an aromatic ring is 1. The second kappa shape index (κ2) is 5.19. The number of rotatable bonds is 3. The van der Waals surface area contributed by atoms with Crippen LogP contribution in [-0.2, 0) is 19.0 Å². The molecule has 1 aromatic carbocycles. The van der Waals surface area contributed by atoms with Crippen molar-refractivity contribution in [1.29, 1.82) is 0 Å². The van der Waals surface area contributed by atoms with Gasteiger partial charge in [-0.25, -0.2) is 4.68 Å². The van der Waals surface area contributed by atoms with E-state index in [4.69, 9.17) is 5.73 Å². The summed E-state index contributed by atoms with van der Waals surface area (Å²) < 4.78 is 39.8. The number of alkyl halides is 3. The third-order valence-electron chi connectivity index (χ3n) is 3.19. The maximum atomic E-state index is 12.8. The molecule has 108 valence electrons. The first kappa shape index (κ1) is 14.4. The first-order chi connectivity index (χ1) is 9.38. The molecule has 0 aliphatic carbocycles. The zero-order valence-electron chi connectivity index (χ0n) is 11.3. The molecule has 2 rings (SSSR count). The predicted molar refractivity (Wildman–Crippen MR) is 71.7 cm³/mol. The average Bonchev–Trinajstić information content (AvgIpc) is 2.74. The molecule has 0 fully saturated rings. The number of hydrogen-bond donors (Lipinski definition) is 1. The molecule has 1 aromatic heterocycles. The molecule has 2 N–H and O–H groups in total. The number of nitrogens with zero attached hydrogens (tertiary/aromatic N) is 2. The standard InChI is InChI=1S/C14H16F3N3/c1-3-11-13(18)12(4-2)20(19-11)10-7-5-6-9(8-10)14(15,16)17/h5-8H,3-4,18H2,1-2H3. The van der Waals surface area contributed by atoms with Crippen molar-refractivity contribution in [1.82, 2.24) is 9.78 Å². The Morgan fingerprint density at radius 1 is 1.20 bits per heavy atom. The lowest BCUT2D eigenvalue weighted by molar-refractivity contribution is -0.137. The van der Waals surface area contributed by atoms with Gasteiger partial charge in [0.1, 0.15) is 0 Å². The summed E-state index contributed by atoms with van der Waals surface area (Å²) in [5.74, 6) is 0. The van der Waals surface area contributed by atoms with Gasteiger partial charge >= 0.3 is 6.18 Å². The van der Waals surface area contributed by atoms with E-state index in [1.807, 2.05) is 13.8 Å². The second-order valence-corrected chi connectivity index (χ2v) is 4.47. The molecule has 0 bridgehead atoms. The molecule has 0 saturated heterocycles.